The van der Waals surface area contributed by atoms with Crippen LogP contribution in [-0.4, -0.2) is 66.3 Å². The zero-order valence-corrected chi connectivity index (χ0v) is 35.7. The van der Waals surface area contributed by atoms with E-state index < -0.39 is 45.8 Å². The second-order valence-electron chi connectivity index (χ2n) is 13.6. The van der Waals surface area contributed by atoms with Gasteiger partial charge < -0.3 is 24.6 Å². The van der Waals surface area contributed by atoms with E-state index >= 15 is 0 Å². The predicted molar refractivity (Wildman–Crippen MR) is 232 cm³/mol. The number of esters is 1. The van der Waals surface area contributed by atoms with Crippen molar-refractivity contribution in [1.82, 2.24) is 0 Å². The van der Waals surface area contributed by atoms with Gasteiger partial charge in [0.05, 0.1) is 26.4 Å². The summed E-state index contributed by atoms with van der Waals surface area (Å²) in [4.78, 5) is 22.5. The van der Waals surface area contributed by atoms with Gasteiger partial charge in [-0.3, -0.25) is 13.8 Å². The molecule has 0 bridgehead atoms. The van der Waals surface area contributed by atoms with Crippen molar-refractivity contribution < 1.29 is 43.0 Å². The van der Waals surface area contributed by atoms with Gasteiger partial charge in [-0.05, 0) is 89.9 Å². The highest BCUT2D eigenvalue weighted by Crippen LogP contribution is 2.43. The van der Waals surface area contributed by atoms with Crippen LogP contribution in [0.5, 0.6) is 0 Å². The average Bonchev–Trinajstić information content (AvgIpc) is 3.19. The van der Waals surface area contributed by atoms with Crippen LogP contribution in [0.1, 0.15) is 142 Å². The normalized spacial score (nSPS) is 15.0. The molecule has 3 atom stereocenters. The van der Waals surface area contributed by atoms with Gasteiger partial charge in [-0.15, -0.1) is 0 Å². The summed E-state index contributed by atoms with van der Waals surface area (Å²) in [6.07, 6.45) is 52.3. The lowest BCUT2D eigenvalue weighted by Gasteiger charge is -2.20. The number of phosphoric ester groups is 1. The molecule has 0 aliphatic rings. The first kappa shape index (κ1) is 53.4. The van der Waals surface area contributed by atoms with E-state index in [0.717, 1.165) is 96.3 Å². The van der Waals surface area contributed by atoms with Crippen molar-refractivity contribution in [2.24, 2.45) is 0 Å². The van der Waals surface area contributed by atoms with Gasteiger partial charge in [0.25, 0.3) is 0 Å². The molecule has 320 valence electrons. The molecule has 0 fully saturated rings. The van der Waals surface area contributed by atoms with E-state index in [2.05, 4.69) is 111 Å². The van der Waals surface area contributed by atoms with Crippen LogP contribution in [0.25, 0.3) is 0 Å². The number of ether oxygens (including phenoxy) is 2. The number of hydrogen-bond acceptors (Lipinski definition) is 8. The van der Waals surface area contributed by atoms with Gasteiger partial charge in [-0.2, -0.15) is 0 Å². The van der Waals surface area contributed by atoms with Gasteiger partial charge in [0, 0.05) is 13.0 Å². The molecule has 0 saturated carbocycles. The molecule has 0 aliphatic heterocycles. The van der Waals surface area contributed by atoms with E-state index in [0.29, 0.717) is 13.0 Å². The Hall–Kier alpha value is -2.62. The maximum Gasteiger partial charge on any atom is 0.472 e. The molecule has 3 N–H and O–H groups in total. The molecule has 0 aromatic rings. The molecule has 0 aliphatic carbocycles. The van der Waals surface area contributed by atoms with Crippen LogP contribution in [0.2, 0.25) is 0 Å². The van der Waals surface area contributed by atoms with Gasteiger partial charge >= 0.3 is 13.8 Å². The lowest BCUT2D eigenvalue weighted by molar-refractivity contribution is -0.154. The fraction of sp³-hybridized carbons (Fsp3) is 0.630. The number of rotatable bonds is 39. The lowest BCUT2D eigenvalue weighted by Crippen LogP contribution is -2.29. The minimum Gasteiger partial charge on any atom is -0.457 e. The third kappa shape index (κ3) is 41.0. The van der Waals surface area contributed by atoms with E-state index in [1.54, 1.807) is 0 Å². The summed E-state index contributed by atoms with van der Waals surface area (Å²) in [5, 5.41) is 18.3. The van der Waals surface area contributed by atoms with Gasteiger partial charge in [-0.1, -0.05) is 143 Å². The number of aliphatic hydroxyl groups excluding tert-OH is 2. The number of aliphatic hydroxyl groups is 2. The van der Waals surface area contributed by atoms with Crippen molar-refractivity contribution >= 4 is 13.8 Å². The Bertz CT molecular complexity index is 1190. The van der Waals surface area contributed by atoms with Crippen molar-refractivity contribution in [3.8, 4) is 0 Å². The van der Waals surface area contributed by atoms with Crippen LogP contribution in [-0.2, 0) is 27.9 Å². The SMILES string of the molecule is CC/C=C\C/C=C\C/C=C\C/C=C\C/C=C\CCCCCCCCOCC(COP(=O)(O)OCC(O)CO)OC(=O)CCCCC/C=C\C/C=C\C/C=C\CC. The Morgan fingerprint density at radius 1 is 0.554 bits per heavy atom. The quantitative estimate of drug-likeness (QED) is 0.0240. The van der Waals surface area contributed by atoms with E-state index in [1.165, 1.54) is 19.3 Å². The summed E-state index contributed by atoms with van der Waals surface area (Å²) in [6, 6.07) is 0. The molecule has 9 nitrogen and oxygen atoms in total. The third-order valence-corrected chi connectivity index (χ3v) is 9.22. The minimum absolute atomic E-state index is 0.0202. The molecule has 0 aromatic heterocycles. The van der Waals surface area contributed by atoms with Gasteiger partial charge in [0.2, 0.25) is 0 Å². The summed E-state index contributed by atoms with van der Waals surface area (Å²) in [5.74, 6) is -0.422. The van der Waals surface area contributed by atoms with Crippen LogP contribution in [0.15, 0.2) is 97.2 Å². The number of unbranched alkanes of at least 4 members (excludes halogenated alkanes) is 9. The maximum absolute atomic E-state index is 12.6. The van der Waals surface area contributed by atoms with Gasteiger partial charge in [0.15, 0.2) is 0 Å². The number of allylic oxidation sites excluding steroid dienone is 16. The predicted octanol–water partition coefficient (Wildman–Crippen LogP) is 11.7. The molecule has 0 spiro atoms. The Morgan fingerprint density at radius 2 is 0.964 bits per heavy atom. The van der Waals surface area contributed by atoms with Crippen molar-refractivity contribution in [1.29, 1.82) is 0 Å². The van der Waals surface area contributed by atoms with Crippen molar-refractivity contribution in [3.63, 3.8) is 0 Å². The largest absolute Gasteiger partial charge is 0.472 e. The number of hydrogen-bond donors (Lipinski definition) is 3. The fourth-order valence-corrected chi connectivity index (χ4v) is 5.89. The van der Waals surface area contributed by atoms with Crippen molar-refractivity contribution in [3.05, 3.63) is 97.2 Å². The molecule has 0 aromatic carbocycles. The highest BCUT2D eigenvalue weighted by atomic mass is 31.2. The molecule has 0 rings (SSSR count). The number of phosphoric acid groups is 1. The van der Waals surface area contributed by atoms with Crippen LogP contribution < -0.4 is 0 Å². The zero-order chi connectivity index (χ0) is 41.1. The van der Waals surface area contributed by atoms with Crippen LogP contribution >= 0.6 is 7.82 Å². The van der Waals surface area contributed by atoms with E-state index in [9.17, 15) is 19.4 Å². The van der Waals surface area contributed by atoms with Crippen LogP contribution in [0, 0.1) is 0 Å². The molecule has 0 heterocycles. The molecule has 0 radical (unpaired) electrons. The molecule has 3 unspecified atom stereocenters. The second-order valence-corrected chi connectivity index (χ2v) is 15.0. The second kappa shape index (κ2) is 42.0. The Kier molecular flexibility index (Phi) is 40.0. The number of carbonyl (C=O) groups excluding carboxylic acids is 1. The van der Waals surface area contributed by atoms with Crippen LogP contribution in [0.3, 0.4) is 0 Å². The number of carbonyl (C=O) groups is 1. The van der Waals surface area contributed by atoms with Crippen LogP contribution in [0.4, 0.5) is 0 Å². The van der Waals surface area contributed by atoms with Crippen molar-refractivity contribution in [2.45, 2.75) is 154 Å². The Balaban J connectivity index is 4.24. The first-order valence-electron chi connectivity index (χ1n) is 21.2. The topological polar surface area (TPSA) is 132 Å². The standard InChI is InChI=1S/C46H77O9P/c1-3-5-7-9-11-13-15-17-18-19-20-21-22-23-24-25-27-29-31-33-35-37-39-52-42-45(43-54-56(50,51)53-41-44(48)40-47)55-46(49)38-36-34-32-30-28-26-16-14-12-10-8-6-4-2/h5-8,11-14,17-18,20-21,23-24,26,28,44-45,47-48H,3-4,9-10,15-16,19,22,25,27,29-43H2,1-2H3,(H,50,51)/b7-5-,8-6-,13-11-,14-12-,18-17-,21-20-,24-23-,28-26-. The highest BCUT2D eigenvalue weighted by Gasteiger charge is 2.26. The first-order valence-corrected chi connectivity index (χ1v) is 22.7. The Labute approximate surface area is 340 Å². The lowest BCUT2D eigenvalue weighted by atomic mass is 10.1. The fourth-order valence-electron chi connectivity index (χ4n) is 5.10. The van der Waals surface area contributed by atoms with Gasteiger partial charge in [-0.25, -0.2) is 4.57 Å². The third-order valence-electron chi connectivity index (χ3n) is 8.27. The molecular weight excluding hydrogens is 727 g/mol. The summed E-state index contributed by atoms with van der Waals surface area (Å²) in [7, 11) is -4.54. The zero-order valence-electron chi connectivity index (χ0n) is 34.8. The summed E-state index contributed by atoms with van der Waals surface area (Å²) < 4.78 is 33.3. The van der Waals surface area contributed by atoms with E-state index in [4.69, 9.17) is 23.6 Å². The summed E-state index contributed by atoms with van der Waals surface area (Å²) >= 11 is 0. The van der Waals surface area contributed by atoms with Gasteiger partial charge in [0.1, 0.15) is 12.2 Å². The monoisotopic (exact) mass is 805 g/mol. The average molecular weight is 805 g/mol. The van der Waals surface area contributed by atoms with E-state index in [1.807, 2.05) is 0 Å². The maximum atomic E-state index is 12.6. The minimum atomic E-state index is -4.54. The van der Waals surface area contributed by atoms with Crippen molar-refractivity contribution in [2.75, 3.05) is 33.0 Å². The first-order chi connectivity index (χ1) is 27.3. The van der Waals surface area contributed by atoms with E-state index in [-0.39, 0.29) is 13.0 Å². The molecular formula is C46H77O9P. The highest BCUT2D eigenvalue weighted by molar-refractivity contribution is 7.47. The molecule has 56 heavy (non-hydrogen) atoms. The Morgan fingerprint density at radius 3 is 1.45 bits per heavy atom. The smallest absolute Gasteiger partial charge is 0.457 e. The molecule has 0 amide bonds. The summed E-state index contributed by atoms with van der Waals surface area (Å²) in [6.45, 7) is 3.17. The molecule has 0 saturated heterocycles. The molecule has 10 heteroatoms. The summed E-state index contributed by atoms with van der Waals surface area (Å²) in [5.41, 5.74) is 0.